The van der Waals surface area contributed by atoms with Gasteiger partial charge in [-0.2, -0.15) is 5.10 Å². The van der Waals surface area contributed by atoms with Crippen LogP contribution in [0.3, 0.4) is 0 Å². The lowest BCUT2D eigenvalue weighted by molar-refractivity contribution is -0.120. The van der Waals surface area contributed by atoms with E-state index in [4.69, 9.17) is 0 Å². The molecule has 21 heavy (non-hydrogen) atoms. The molecule has 0 saturated heterocycles. The van der Waals surface area contributed by atoms with E-state index in [1.807, 2.05) is 48.9 Å². The van der Waals surface area contributed by atoms with Gasteiger partial charge in [-0.15, -0.1) is 6.58 Å². The molecule has 2 rings (SSSR count). The van der Waals surface area contributed by atoms with Gasteiger partial charge in [0.25, 0.3) is 0 Å². The van der Waals surface area contributed by atoms with Crippen LogP contribution in [-0.4, -0.2) is 22.2 Å². The minimum absolute atomic E-state index is 0.0427. The lowest BCUT2D eigenvalue weighted by Gasteiger charge is -2.05. The number of hydrogen-bond acceptors (Lipinski definition) is 2. The van der Waals surface area contributed by atoms with Gasteiger partial charge in [0.05, 0.1) is 11.4 Å². The van der Waals surface area contributed by atoms with Crippen LogP contribution in [0.25, 0.3) is 5.69 Å². The van der Waals surface area contributed by atoms with E-state index in [0.29, 0.717) is 19.4 Å². The molecule has 1 heterocycles. The van der Waals surface area contributed by atoms with Crippen LogP contribution in [-0.2, 0) is 11.2 Å². The van der Waals surface area contributed by atoms with Gasteiger partial charge in [0.15, 0.2) is 0 Å². The van der Waals surface area contributed by atoms with Crippen LogP contribution in [0.15, 0.2) is 43.0 Å². The standard InChI is InChI=1S/C17H21N3O/c1-4-12-18-17(21)11-10-16-13(2)19-20(14(16)3)15-8-6-5-7-9-15/h4-9H,1,10-12H2,2-3H3,(H,18,21). The van der Waals surface area contributed by atoms with Crippen LogP contribution >= 0.6 is 0 Å². The summed E-state index contributed by atoms with van der Waals surface area (Å²) < 4.78 is 1.94. The van der Waals surface area contributed by atoms with E-state index >= 15 is 0 Å². The molecule has 0 spiro atoms. The van der Waals surface area contributed by atoms with Crippen molar-refractivity contribution in [1.29, 1.82) is 0 Å². The van der Waals surface area contributed by atoms with E-state index in [1.165, 1.54) is 0 Å². The number of para-hydroxylation sites is 1. The quantitative estimate of drug-likeness (QED) is 0.829. The first-order valence-electron chi connectivity index (χ1n) is 7.11. The third-order valence-electron chi connectivity index (χ3n) is 3.49. The lowest BCUT2D eigenvalue weighted by atomic mass is 10.1. The Morgan fingerprint density at radius 1 is 1.33 bits per heavy atom. The Labute approximate surface area is 125 Å². The molecule has 1 amide bonds. The molecule has 110 valence electrons. The summed E-state index contributed by atoms with van der Waals surface area (Å²) in [4.78, 5) is 11.7. The lowest BCUT2D eigenvalue weighted by Crippen LogP contribution is -2.23. The smallest absolute Gasteiger partial charge is 0.220 e. The van der Waals surface area contributed by atoms with Gasteiger partial charge in [-0.05, 0) is 38.0 Å². The van der Waals surface area contributed by atoms with Crippen molar-refractivity contribution in [1.82, 2.24) is 15.1 Å². The maximum Gasteiger partial charge on any atom is 0.220 e. The number of carbonyl (C=O) groups excluding carboxylic acids is 1. The zero-order valence-corrected chi connectivity index (χ0v) is 12.6. The first kappa shape index (κ1) is 15.0. The van der Waals surface area contributed by atoms with Crippen molar-refractivity contribution in [2.24, 2.45) is 0 Å². The summed E-state index contributed by atoms with van der Waals surface area (Å²) >= 11 is 0. The Hall–Kier alpha value is -2.36. The molecular formula is C17H21N3O. The zero-order chi connectivity index (χ0) is 15.2. The van der Waals surface area contributed by atoms with Crippen LogP contribution in [0.2, 0.25) is 0 Å². The van der Waals surface area contributed by atoms with Crippen LogP contribution in [0, 0.1) is 13.8 Å². The molecule has 0 fully saturated rings. The molecule has 0 aliphatic rings. The molecule has 0 saturated carbocycles. The van der Waals surface area contributed by atoms with Crippen LogP contribution in [0.1, 0.15) is 23.4 Å². The molecule has 0 aliphatic carbocycles. The molecule has 0 radical (unpaired) electrons. The number of rotatable bonds is 6. The summed E-state index contributed by atoms with van der Waals surface area (Å²) in [6, 6.07) is 10.0. The Bertz CT molecular complexity index is 629. The molecule has 1 aromatic heterocycles. The number of hydrogen-bond donors (Lipinski definition) is 1. The van der Waals surface area contributed by atoms with Gasteiger partial charge in [0.1, 0.15) is 0 Å². The van der Waals surface area contributed by atoms with E-state index in [0.717, 1.165) is 22.6 Å². The van der Waals surface area contributed by atoms with E-state index in [2.05, 4.69) is 17.0 Å². The largest absolute Gasteiger partial charge is 0.353 e. The van der Waals surface area contributed by atoms with Gasteiger partial charge >= 0.3 is 0 Å². The number of nitrogens with one attached hydrogen (secondary N) is 1. The molecule has 2 aromatic rings. The molecular weight excluding hydrogens is 262 g/mol. The summed E-state index contributed by atoms with van der Waals surface area (Å²) in [5.41, 5.74) is 4.26. The average Bonchev–Trinajstić information content (AvgIpc) is 2.79. The second-order valence-electron chi connectivity index (χ2n) is 4.99. The second-order valence-corrected chi connectivity index (χ2v) is 4.99. The molecule has 0 unspecified atom stereocenters. The van der Waals surface area contributed by atoms with Gasteiger partial charge in [-0.1, -0.05) is 24.3 Å². The highest BCUT2D eigenvalue weighted by Gasteiger charge is 2.13. The fraction of sp³-hybridized carbons (Fsp3) is 0.294. The average molecular weight is 283 g/mol. The number of benzene rings is 1. The Morgan fingerprint density at radius 3 is 2.71 bits per heavy atom. The minimum Gasteiger partial charge on any atom is -0.353 e. The Balaban J connectivity index is 2.13. The zero-order valence-electron chi connectivity index (χ0n) is 12.6. The summed E-state index contributed by atoms with van der Waals surface area (Å²) in [5, 5.41) is 7.39. The highest BCUT2D eigenvalue weighted by atomic mass is 16.1. The summed E-state index contributed by atoms with van der Waals surface area (Å²) in [5.74, 6) is 0.0427. The SMILES string of the molecule is C=CCNC(=O)CCc1c(C)nn(-c2ccccc2)c1C. The molecule has 0 atom stereocenters. The second kappa shape index (κ2) is 6.88. The predicted molar refractivity (Wildman–Crippen MR) is 84.6 cm³/mol. The molecule has 0 bridgehead atoms. The maximum atomic E-state index is 11.7. The minimum atomic E-state index is 0.0427. The van der Waals surface area contributed by atoms with Crippen molar-refractivity contribution in [2.45, 2.75) is 26.7 Å². The predicted octanol–water partition coefficient (Wildman–Crippen LogP) is 2.72. The topological polar surface area (TPSA) is 46.9 Å². The molecule has 4 heteroatoms. The number of aryl methyl sites for hydroxylation is 1. The van der Waals surface area contributed by atoms with Crippen LogP contribution < -0.4 is 5.32 Å². The van der Waals surface area contributed by atoms with Gasteiger partial charge in [0.2, 0.25) is 5.91 Å². The molecule has 1 N–H and O–H groups in total. The Kier molecular flexibility index (Phi) is 4.93. The number of amides is 1. The third kappa shape index (κ3) is 3.60. The fourth-order valence-electron chi connectivity index (χ4n) is 2.37. The summed E-state index contributed by atoms with van der Waals surface area (Å²) in [6.45, 7) is 8.14. The number of nitrogens with zero attached hydrogens (tertiary/aromatic N) is 2. The van der Waals surface area contributed by atoms with E-state index < -0.39 is 0 Å². The fourth-order valence-corrected chi connectivity index (χ4v) is 2.37. The summed E-state index contributed by atoms with van der Waals surface area (Å²) in [6.07, 6.45) is 2.85. The highest BCUT2D eigenvalue weighted by Crippen LogP contribution is 2.19. The van der Waals surface area contributed by atoms with Crippen molar-refractivity contribution in [3.8, 4) is 5.69 Å². The van der Waals surface area contributed by atoms with Crippen molar-refractivity contribution in [3.63, 3.8) is 0 Å². The number of aromatic nitrogens is 2. The monoisotopic (exact) mass is 283 g/mol. The molecule has 1 aromatic carbocycles. The van der Waals surface area contributed by atoms with Crippen molar-refractivity contribution in [2.75, 3.05) is 6.54 Å². The van der Waals surface area contributed by atoms with Crippen LogP contribution in [0.4, 0.5) is 0 Å². The highest BCUT2D eigenvalue weighted by molar-refractivity contribution is 5.76. The first-order chi connectivity index (χ1) is 10.1. The maximum absolute atomic E-state index is 11.7. The summed E-state index contributed by atoms with van der Waals surface area (Å²) in [7, 11) is 0. The van der Waals surface area contributed by atoms with Crippen molar-refractivity contribution < 1.29 is 4.79 Å². The third-order valence-corrected chi connectivity index (χ3v) is 3.49. The van der Waals surface area contributed by atoms with E-state index in [1.54, 1.807) is 6.08 Å². The normalized spacial score (nSPS) is 10.4. The van der Waals surface area contributed by atoms with Crippen LogP contribution in [0.5, 0.6) is 0 Å². The van der Waals surface area contributed by atoms with Crippen molar-refractivity contribution in [3.05, 3.63) is 59.9 Å². The molecule has 4 nitrogen and oxygen atoms in total. The molecule has 0 aliphatic heterocycles. The first-order valence-corrected chi connectivity index (χ1v) is 7.11. The van der Waals surface area contributed by atoms with Gasteiger partial charge in [-0.3, -0.25) is 4.79 Å². The van der Waals surface area contributed by atoms with Gasteiger partial charge in [0, 0.05) is 18.7 Å². The van der Waals surface area contributed by atoms with Gasteiger partial charge in [-0.25, -0.2) is 4.68 Å². The number of carbonyl (C=O) groups is 1. The van der Waals surface area contributed by atoms with E-state index in [-0.39, 0.29) is 5.91 Å². The van der Waals surface area contributed by atoms with E-state index in [9.17, 15) is 4.79 Å². The Morgan fingerprint density at radius 2 is 2.05 bits per heavy atom. The van der Waals surface area contributed by atoms with Crippen molar-refractivity contribution >= 4 is 5.91 Å². The van der Waals surface area contributed by atoms with Gasteiger partial charge < -0.3 is 5.32 Å².